The maximum absolute atomic E-state index is 13.2. The lowest BCUT2D eigenvalue weighted by molar-refractivity contribution is 0.164. The van der Waals surface area contributed by atoms with Crippen molar-refractivity contribution in [2.45, 2.75) is 6.54 Å². The number of carbonyl (C=O) groups is 1. The summed E-state index contributed by atoms with van der Waals surface area (Å²) in [4.78, 5) is 22.6. The molecule has 0 saturated heterocycles. The van der Waals surface area contributed by atoms with Gasteiger partial charge in [-0.25, -0.2) is 32.0 Å². The summed E-state index contributed by atoms with van der Waals surface area (Å²) in [5.41, 5.74) is 4.03. The van der Waals surface area contributed by atoms with E-state index >= 15 is 0 Å². The zero-order chi connectivity index (χ0) is 17.0. The molecule has 1 heterocycles. The Kier molecular flexibility index (Phi) is 4.84. The van der Waals surface area contributed by atoms with Crippen LogP contribution in [0.1, 0.15) is 0 Å². The van der Waals surface area contributed by atoms with Crippen LogP contribution in [0.2, 0.25) is 0 Å². The Bertz CT molecular complexity index is 813. The van der Waals surface area contributed by atoms with E-state index < -0.39 is 30.0 Å². The first-order chi connectivity index (χ1) is 10.9. The third-order valence-electron chi connectivity index (χ3n) is 2.82. The Balaban J connectivity index is 2.23. The van der Waals surface area contributed by atoms with Crippen molar-refractivity contribution in [2.24, 2.45) is 5.73 Å². The first-order valence-electron chi connectivity index (χ1n) is 6.22. The van der Waals surface area contributed by atoms with Crippen molar-refractivity contribution in [1.82, 2.24) is 14.3 Å². The monoisotopic (exact) mass is 328 g/mol. The van der Waals surface area contributed by atoms with Gasteiger partial charge < -0.3 is 10.5 Å². The number of ether oxygens (including phenoxy) is 1. The molecule has 7 nitrogen and oxygen atoms in total. The van der Waals surface area contributed by atoms with Gasteiger partial charge in [-0.2, -0.15) is 5.10 Å². The number of hydrogen-bond acceptors (Lipinski definition) is 4. The molecular weight excluding hydrogens is 317 g/mol. The number of aromatic nitrogens is 3. The Hall–Kier alpha value is -3.04. The molecule has 0 atom stereocenters. The van der Waals surface area contributed by atoms with Crippen LogP contribution in [0.15, 0.2) is 41.2 Å². The molecule has 10 heteroatoms. The van der Waals surface area contributed by atoms with E-state index in [9.17, 15) is 22.8 Å². The van der Waals surface area contributed by atoms with Crippen molar-refractivity contribution in [3.8, 4) is 5.69 Å². The lowest BCUT2D eigenvalue weighted by atomic mass is 10.3. The minimum Gasteiger partial charge on any atom is -0.445 e. The zero-order valence-corrected chi connectivity index (χ0v) is 11.6. The second-order valence-corrected chi connectivity index (χ2v) is 4.41. The van der Waals surface area contributed by atoms with Crippen molar-refractivity contribution in [3.63, 3.8) is 0 Å². The normalized spacial score (nSPS) is 11.5. The molecule has 2 N–H and O–H groups in total. The summed E-state index contributed by atoms with van der Waals surface area (Å²) < 4.78 is 45.1. The van der Waals surface area contributed by atoms with E-state index in [4.69, 9.17) is 5.73 Å². The lowest BCUT2D eigenvalue weighted by Crippen LogP contribution is -2.26. The zero-order valence-electron chi connectivity index (χ0n) is 11.6. The molecule has 0 aliphatic heterocycles. The van der Waals surface area contributed by atoms with Crippen LogP contribution in [0.25, 0.3) is 5.69 Å². The van der Waals surface area contributed by atoms with Crippen LogP contribution in [0, 0.1) is 11.6 Å². The highest BCUT2D eigenvalue weighted by Crippen LogP contribution is 2.11. The van der Waals surface area contributed by atoms with E-state index in [0.717, 1.165) is 27.7 Å². The van der Waals surface area contributed by atoms with E-state index in [1.165, 1.54) is 6.07 Å². The first kappa shape index (κ1) is 16.3. The van der Waals surface area contributed by atoms with Crippen LogP contribution in [0.3, 0.4) is 0 Å². The number of halogens is 3. The van der Waals surface area contributed by atoms with Crippen LogP contribution in [-0.4, -0.2) is 27.0 Å². The highest BCUT2D eigenvalue weighted by Gasteiger charge is 2.12. The van der Waals surface area contributed by atoms with Crippen molar-refractivity contribution in [1.29, 1.82) is 0 Å². The largest absolute Gasteiger partial charge is 0.445 e. The average Bonchev–Trinajstić information content (AvgIpc) is 2.87. The maximum atomic E-state index is 13.2. The van der Waals surface area contributed by atoms with Gasteiger partial charge in [-0.3, -0.25) is 0 Å². The maximum Gasteiger partial charge on any atom is 0.404 e. The fourth-order valence-electron chi connectivity index (χ4n) is 1.73. The van der Waals surface area contributed by atoms with Gasteiger partial charge in [0.15, 0.2) is 11.6 Å². The molecule has 0 aliphatic carbocycles. The van der Waals surface area contributed by atoms with Crippen LogP contribution >= 0.6 is 0 Å². The van der Waals surface area contributed by atoms with Gasteiger partial charge in [0.05, 0.1) is 18.6 Å². The van der Waals surface area contributed by atoms with E-state index in [1.807, 2.05) is 0 Å². The number of nitrogens with two attached hydrogens (primary N) is 1. The SMILES string of the molecule is NC(=O)OCC(=CF)Cn1ncn(-c2ccc(F)c(F)c2)c1=O. The van der Waals surface area contributed by atoms with Gasteiger partial charge in [0.2, 0.25) is 0 Å². The van der Waals surface area contributed by atoms with Crippen molar-refractivity contribution in [2.75, 3.05) is 6.61 Å². The summed E-state index contributed by atoms with van der Waals surface area (Å²) in [5, 5.41) is 3.73. The second-order valence-electron chi connectivity index (χ2n) is 4.41. The standard InChI is InChI=1S/C13H11F3N4O3/c14-4-8(6-23-12(17)21)5-20-13(22)19(7-18-20)9-1-2-10(15)11(16)3-9/h1-4,7H,5-6H2,(H2,17,21). The summed E-state index contributed by atoms with van der Waals surface area (Å²) in [5.74, 6) is -2.18. The topological polar surface area (TPSA) is 92.1 Å². The summed E-state index contributed by atoms with van der Waals surface area (Å²) >= 11 is 0. The molecule has 0 spiro atoms. The van der Waals surface area contributed by atoms with Gasteiger partial charge in [-0.15, -0.1) is 0 Å². The number of nitrogens with zero attached hydrogens (tertiary/aromatic N) is 3. The van der Waals surface area contributed by atoms with E-state index in [0.29, 0.717) is 0 Å². The molecule has 1 amide bonds. The molecule has 0 unspecified atom stereocenters. The van der Waals surface area contributed by atoms with Crippen LogP contribution < -0.4 is 11.4 Å². The molecule has 0 aliphatic rings. The number of hydrogen-bond donors (Lipinski definition) is 1. The number of rotatable bonds is 5. The van der Waals surface area contributed by atoms with E-state index in [2.05, 4.69) is 9.84 Å². The molecule has 0 fully saturated rings. The summed E-state index contributed by atoms with van der Waals surface area (Å²) in [6, 6.07) is 2.88. The van der Waals surface area contributed by atoms with E-state index in [1.54, 1.807) is 0 Å². The van der Waals surface area contributed by atoms with E-state index in [-0.39, 0.29) is 24.1 Å². The van der Waals surface area contributed by atoms with Crippen LogP contribution in [0.5, 0.6) is 0 Å². The molecule has 1 aromatic heterocycles. The van der Waals surface area contributed by atoms with Gasteiger partial charge >= 0.3 is 11.8 Å². The molecule has 2 rings (SSSR count). The third-order valence-corrected chi connectivity index (χ3v) is 2.82. The average molecular weight is 328 g/mol. The fourth-order valence-corrected chi connectivity index (χ4v) is 1.73. The highest BCUT2D eigenvalue weighted by molar-refractivity contribution is 5.64. The summed E-state index contributed by atoms with van der Waals surface area (Å²) in [6.45, 7) is -0.754. The highest BCUT2D eigenvalue weighted by atomic mass is 19.2. The third kappa shape index (κ3) is 3.78. The van der Waals surface area contributed by atoms with Crippen molar-refractivity contribution in [3.05, 3.63) is 58.5 Å². The molecule has 0 bridgehead atoms. The number of benzene rings is 1. The van der Waals surface area contributed by atoms with Gasteiger partial charge in [-0.1, -0.05) is 0 Å². The first-order valence-corrected chi connectivity index (χ1v) is 6.22. The molecule has 1 aromatic carbocycles. The molecular formula is C13H11F3N4O3. The Morgan fingerprint density at radius 3 is 2.70 bits per heavy atom. The number of carbonyl (C=O) groups excluding carboxylic acids is 1. The van der Waals surface area contributed by atoms with Crippen molar-refractivity contribution >= 4 is 6.09 Å². The van der Waals surface area contributed by atoms with Gasteiger partial charge in [-0.05, 0) is 12.1 Å². The predicted octanol–water partition coefficient (Wildman–Crippen LogP) is 1.26. The second kappa shape index (κ2) is 6.81. The minimum atomic E-state index is -1.12. The molecule has 23 heavy (non-hydrogen) atoms. The van der Waals surface area contributed by atoms with Gasteiger partial charge in [0, 0.05) is 11.6 Å². The smallest absolute Gasteiger partial charge is 0.404 e. The quantitative estimate of drug-likeness (QED) is 0.894. The van der Waals surface area contributed by atoms with Gasteiger partial charge in [0.25, 0.3) is 0 Å². The summed E-state index contributed by atoms with van der Waals surface area (Å²) in [7, 11) is 0. The Labute approximate surface area is 127 Å². The van der Waals surface area contributed by atoms with Gasteiger partial charge in [0.1, 0.15) is 12.9 Å². The Morgan fingerprint density at radius 1 is 1.35 bits per heavy atom. The molecule has 0 saturated carbocycles. The number of amides is 1. The molecule has 122 valence electrons. The fraction of sp³-hybridized carbons (Fsp3) is 0.154. The predicted molar refractivity (Wildman–Crippen MR) is 72.5 cm³/mol. The molecule has 0 radical (unpaired) electrons. The number of primary amides is 1. The van der Waals surface area contributed by atoms with Crippen LogP contribution in [-0.2, 0) is 11.3 Å². The van der Waals surface area contributed by atoms with Crippen LogP contribution in [0.4, 0.5) is 18.0 Å². The minimum absolute atomic E-state index is 0.0549. The lowest BCUT2D eigenvalue weighted by Gasteiger charge is -2.05. The van der Waals surface area contributed by atoms with Crippen molar-refractivity contribution < 1.29 is 22.7 Å². The molecule has 2 aromatic rings. The Morgan fingerprint density at radius 2 is 2.09 bits per heavy atom. The summed E-state index contributed by atoms with van der Waals surface area (Å²) in [6.07, 6.45) is 0.134.